The monoisotopic (exact) mass is 215 g/mol. The Kier molecular flexibility index (Phi) is 4.36. The number of nitrogens with zero attached hydrogens (tertiary/aromatic N) is 1. The lowest BCUT2D eigenvalue weighted by Gasteiger charge is -2.30. The van der Waals surface area contributed by atoms with E-state index in [0.29, 0.717) is 32.6 Å². The molecular formula is C9H17N3O3. The van der Waals surface area contributed by atoms with Gasteiger partial charge in [-0.15, -0.1) is 0 Å². The van der Waals surface area contributed by atoms with Crippen LogP contribution in [0.3, 0.4) is 0 Å². The number of hydrogen-bond donors (Lipinski definition) is 3. The van der Waals surface area contributed by atoms with Gasteiger partial charge in [-0.1, -0.05) is 0 Å². The lowest BCUT2D eigenvalue weighted by molar-refractivity contribution is -0.143. The Morgan fingerprint density at radius 2 is 2.27 bits per heavy atom. The number of carboxylic acid groups (broad SMARTS) is 1. The van der Waals surface area contributed by atoms with Gasteiger partial charge in [0.1, 0.15) is 0 Å². The second-order valence-corrected chi connectivity index (χ2v) is 3.64. The molecule has 0 spiro atoms. The highest BCUT2D eigenvalue weighted by Gasteiger charge is 2.27. The van der Waals surface area contributed by atoms with Crippen molar-refractivity contribution in [1.82, 2.24) is 10.2 Å². The first-order chi connectivity index (χ1) is 7.15. The van der Waals surface area contributed by atoms with Crippen LogP contribution in [0.15, 0.2) is 0 Å². The molecule has 0 saturated carbocycles. The van der Waals surface area contributed by atoms with Crippen LogP contribution in [0.2, 0.25) is 0 Å². The zero-order valence-electron chi connectivity index (χ0n) is 8.61. The minimum absolute atomic E-state index is 0.216. The molecule has 0 aromatic heterocycles. The number of hydrogen-bond acceptors (Lipinski definition) is 3. The van der Waals surface area contributed by atoms with Gasteiger partial charge < -0.3 is 21.1 Å². The van der Waals surface area contributed by atoms with E-state index in [4.69, 9.17) is 10.8 Å². The van der Waals surface area contributed by atoms with Crippen LogP contribution in [-0.4, -0.2) is 48.2 Å². The first-order valence-electron chi connectivity index (χ1n) is 5.10. The van der Waals surface area contributed by atoms with Crippen molar-refractivity contribution >= 4 is 12.0 Å². The molecule has 1 heterocycles. The third kappa shape index (κ3) is 3.39. The van der Waals surface area contributed by atoms with Gasteiger partial charge in [-0.2, -0.15) is 0 Å². The SMILES string of the molecule is NCCNC(=O)N1CCCC(C(=O)O)C1. The van der Waals surface area contributed by atoms with E-state index in [1.165, 1.54) is 4.90 Å². The normalized spacial score (nSPS) is 21.1. The molecule has 1 rings (SSSR count). The molecule has 1 fully saturated rings. The van der Waals surface area contributed by atoms with Gasteiger partial charge in [0.05, 0.1) is 5.92 Å². The lowest BCUT2D eigenvalue weighted by Crippen LogP contribution is -2.47. The van der Waals surface area contributed by atoms with E-state index in [9.17, 15) is 9.59 Å². The largest absolute Gasteiger partial charge is 0.481 e. The van der Waals surface area contributed by atoms with Gasteiger partial charge in [0.15, 0.2) is 0 Å². The van der Waals surface area contributed by atoms with E-state index >= 15 is 0 Å². The highest BCUT2D eigenvalue weighted by Crippen LogP contribution is 2.16. The molecule has 6 nitrogen and oxygen atoms in total. The highest BCUT2D eigenvalue weighted by molar-refractivity contribution is 5.76. The number of rotatable bonds is 3. The van der Waals surface area contributed by atoms with Crippen LogP contribution in [0.5, 0.6) is 0 Å². The first-order valence-corrected chi connectivity index (χ1v) is 5.10. The molecule has 0 aromatic rings. The first kappa shape index (κ1) is 11.8. The molecule has 0 aromatic carbocycles. The number of carboxylic acids is 1. The average Bonchev–Trinajstić information content (AvgIpc) is 2.26. The third-order valence-corrected chi connectivity index (χ3v) is 2.48. The zero-order chi connectivity index (χ0) is 11.3. The van der Waals surface area contributed by atoms with Crippen LogP contribution in [0.1, 0.15) is 12.8 Å². The van der Waals surface area contributed by atoms with E-state index in [-0.39, 0.29) is 6.03 Å². The van der Waals surface area contributed by atoms with E-state index in [0.717, 1.165) is 6.42 Å². The van der Waals surface area contributed by atoms with Crippen LogP contribution in [0, 0.1) is 5.92 Å². The molecular weight excluding hydrogens is 198 g/mol. The molecule has 1 unspecified atom stereocenters. The van der Waals surface area contributed by atoms with Gasteiger partial charge in [0.25, 0.3) is 0 Å². The summed E-state index contributed by atoms with van der Waals surface area (Å²) in [6.45, 7) is 1.74. The second kappa shape index (κ2) is 5.55. The summed E-state index contributed by atoms with van der Waals surface area (Å²) in [6, 6.07) is -0.216. The Morgan fingerprint density at radius 1 is 1.53 bits per heavy atom. The fourth-order valence-electron chi connectivity index (χ4n) is 1.65. The molecule has 6 heteroatoms. The van der Waals surface area contributed by atoms with E-state index in [1.54, 1.807) is 0 Å². The van der Waals surface area contributed by atoms with Gasteiger partial charge in [-0.05, 0) is 12.8 Å². The van der Waals surface area contributed by atoms with Crippen molar-refractivity contribution < 1.29 is 14.7 Å². The number of carbonyl (C=O) groups is 2. The van der Waals surface area contributed by atoms with Crippen molar-refractivity contribution in [2.45, 2.75) is 12.8 Å². The van der Waals surface area contributed by atoms with Crippen molar-refractivity contribution in [3.05, 3.63) is 0 Å². The minimum atomic E-state index is -0.827. The van der Waals surface area contributed by atoms with Crippen LogP contribution < -0.4 is 11.1 Å². The van der Waals surface area contributed by atoms with Crippen LogP contribution in [0.25, 0.3) is 0 Å². The van der Waals surface area contributed by atoms with Gasteiger partial charge in [0.2, 0.25) is 0 Å². The van der Waals surface area contributed by atoms with Gasteiger partial charge in [0, 0.05) is 26.2 Å². The maximum atomic E-state index is 11.5. The fraction of sp³-hybridized carbons (Fsp3) is 0.778. The van der Waals surface area contributed by atoms with Crippen molar-refractivity contribution in [3.8, 4) is 0 Å². The zero-order valence-corrected chi connectivity index (χ0v) is 8.61. The Morgan fingerprint density at radius 3 is 2.87 bits per heavy atom. The molecule has 4 N–H and O–H groups in total. The topological polar surface area (TPSA) is 95.7 Å². The lowest BCUT2D eigenvalue weighted by atomic mass is 9.99. The summed E-state index contributed by atoms with van der Waals surface area (Å²) < 4.78 is 0. The molecule has 2 amide bonds. The highest BCUT2D eigenvalue weighted by atomic mass is 16.4. The Labute approximate surface area is 88.4 Å². The summed E-state index contributed by atoms with van der Waals surface area (Å²) >= 11 is 0. The number of urea groups is 1. The summed E-state index contributed by atoms with van der Waals surface area (Å²) in [5.41, 5.74) is 5.25. The summed E-state index contributed by atoms with van der Waals surface area (Å²) in [5.74, 6) is -1.26. The van der Waals surface area contributed by atoms with Crippen molar-refractivity contribution in [2.24, 2.45) is 11.7 Å². The Bertz CT molecular complexity index is 245. The summed E-state index contributed by atoms with van der Waals surface area (Å²) in [7, 11) is 0. The molecule has 0 radical (unpaired) electrons. The van der Waals surface area contributed by atoms with E-state index < -0.39 is 11.9 Å². The van der Waals surface area contributed by atoms with Gasteiger partial charge in [-0.25, -0.2) is 4.79 Å². The number of piperidine rings is 1. The quantitative estimate of drug-likeness (QED) is 0.588. The summed E-state index contributed by atoms with van der Waals surface area (Å²) in [4.78, 5) is 23.8. The smallest absolute Gasteiger partial charge is 0.317 e. The maximum Gasteiger partial charge on any atom is 0.317 e. The van der Waals surface area contributed by atoms with E-state index in [1.807, 2.05) is 0 Å². The molecule has 1 atom stereocenters. The summed E-state index contributed by atoms with van der Waals surface area (Å²) in [6.07, 6.45) is 1.39. The maximum absolute atomic E-state index is 11.5. The number of amides is 2. The Hall–Kier alpha value is -1.30. The number of likely N-dealkylation sites (tertiary alicyclic amines) is 1. The molecule has 86 valence electrons. The van der Waals surface area contributed by atoms with E-state index in [2.05, 4.69) is 5.32 Å². The van der Waals surface area contributed by atoms with Crippen LogP contribution >= 0.6 is 0 Å². The molecule has 0 bridgehead atoms. The van der Waals surface area contributed by atoms with Crippen molar-refractivity contribution in [2.75, 3.05) is 26.2 Å². The van der Waals surface area contributed by atoms with Crippen LogP contribution in [0.4, 0.5) is 4.79 Å². The summed E-state index contributed by atoms with van der Waals surface area (Å²) in [5, 5.41) is 11.5. The number of carbonyl (C=O) groups excluding carboxylic acids is 1. The number of nitrogens with one attached hydrogen (secondary N) is 1. The second-order valence-electron chi connectivity index (χ2n) is 3.64. The average molecular weight is 215 g/mol. The standard InChI is InChI=1S/C9H17N3O3/c10-3-4-11-9(15)12-5-1-2-7(6-12)8(13)14/h7H,1-6,10H2,(H,11,15)(H,13,14). The number of aliphatic carboxylic acids is 1. The Balaban J connectivity index is 2.41. The molecule has 1 saturated heterocycles. The van der Waals surface area contributed by atoms with Crippen LogP contribution in [-0.2, 0) is 4.79 Å². The molecule has 1 aliphatic rings. The third-order valence-electron chi connectivity index (χ3n) is 2.48. The number of nitrogens with two attached hydrogens (primary N) is 1. The fourth-order valence-corrected chi connectivity index (χ4v) is 1.65. The van der Waals surface area contributed by atoms with Crippen molar-refractivity contribution in [3.63, 3.8) is 0 Å². The predicted octanol–water partition coefficient (Wildman–Crippen LogP) is -0.549. The molecule has 15 heavy (non-hydrogen) atoms. The van der Waals surface area contributed by atoms with Crippen molar-refractivity contribution in [1.29, 1.82) is 0 Å². The van der Waals surface area contributed by atoms with Gasteiger partial charge >= 0.3 is 12.0 Å². The molecule has 1 aliphatic heterocycles. The molecule has 0 aliphatic carbocycles. The minimum Gasteiger partial charge on any atom is -0.481 e. The van der Waals surface area contributed by atoms with Gasteiger partial charge in [-0.3, -0.25) is 4.79 Å². The predicted molar refractivity (Wildman–Crippen MR) is 54.4 cm³/mol.